The second-order valence-corrected chi connectivity index (χ2v) is 5.40. The van der Waals surface area contributed by atoms with Gasteiger partial charge in [-0.2, -0.15) is 0 Å². The summed E-state index contributed by atoms with van der Waals surface area (Å²) in [5.74, 6) is 0.0540. The molecule has 2 N–H and O–H groups in total. The minimum absolute atomic E-state index is 0.0540. The van der Waals surface area contributed by atoms with E-state index in [2.05, 4.69) is 45.1 Å². The lowest BCUT2D eigenvalue weighted by molar-refractivity contribution is -0.131. The van der Waals surface area contributed by atoms with Gasteiger partial charge in [-0.1, -0.05) is 28.1 Å². The number of hydrogen-bond donors (Lipinski definition) is 1. The van der Waals surface area contributed by atoms with Gasteiger partial charge in [0.2, 0.25) is 5.91 Å². The number of hydrogen-bond acceptors (Lipinski definition) is 3. The molecule has 0 bridgehead atoms. The zero-order chi connectivity index (χ0) is 13.0. The molecule has 1 amide bonds. The molecule has 1 saturated heterocycles. The molecule has 0 aromatic heterocycles. The fraction of sp³-hybridized carbons (Fsp3) is 0.462. The smallest absolute Gasteiger partial charge is 0.236 e. The number of nitrogens with zero attached hydrogens (tertiary/aromatic N) is 2. The van der Waals surface area contributed by atoms with Gasteiger partial charge in [-0.15, -0.1) is 0 Å². The molecule has 0 atom stereocenters. The van der Waals surface area contributed by atoms with Crippen LogP contribution in [-0.4, -0.2) is 48.4 Å². The van der Waals surface area contributed by atoms with E-state index < -0.39 is 0 Å². The minimum atomic E-state index is 0.0540. The third-order valence-corrected chi connectivity index (χ3v) is 3.75. The van der Waals surface area contributed by atoms with Crippen LogP contribution in [0.4, 0.5) is 0 Å². The zero-order valence-corrected chi connectivity index (χ0v) is 11.9. The van der Waals surface area contributed by atoms with Gasteiger partial charge < -0.3 is 10.6 Å². The van der Waals surface area contributed by atoms with Gasteiger partial charge in [0, 0.05) is 37.2 Å². The highest BCUT2D eigenvalue weighted by Gasteiger charge is 2.19. The number of amides is 1. The molecule has 0 aliphatic carbocycles. The maximum absolute atomic E-state index is 11.4. The van der Waals surface area contributed by atoms with Crippen molar-refractivity contribution in [2.24, 2.45) is 5.73 Å². The number of rotatable bonds is 3. The first-order valence-electron chi connectivity index (χ1n) is 6.13. The first kappa shape index (κ1) is 13.5. The molecule has 18 heavy (non-hydrogen) atoms. The summed E-state index contributed by atoms with van der Waals surface area (Å²) in [4.78, 5) is 15.7. The maximum atomic E-state index is 11.4. The van der Waals surface area contributed by atoms with Crippen LogP contribution in [0.25, 0.3) is 0 Å². The van der Waals surface area contributed by atoms with Gasteiger partial charge in [0.05, 0.1) is 6.54 Å². The SMILES string of the molecule is NCC(=O)N1CCN(Cc2ccc(Br)cc2)CC1. The van der Waals surface area contributed by atoms with E-state index in [0.29, 0.717) is 0 Å². The summed E-state index contributed by atoms with van der Waals surface area (Å²) in [5, 5.41) is 0. The molecular weight excluding hydrogens is 294 g/mol. The Hall–Kier alpha value is -0.910. The van der Waals surface area contributed by atoms with E-state index >= 15 is 0 Å². The summed E-state index contributed by atoms with van der Waals surface area (Å²) < 4.78 is 1.10. The highest BCUT2D eigenvalue weighted by molar-refractivity contribution is 9.10. The monoisotopic (exact) mass is 311 g/mol. The largest absolute Gasteiger partial charge is 0.339 e. The van der Waals surface area contributed by atoms with E-state index in [-0.39, 0.29) is 12.5 Å². The zero-order valence-electron chi connectivity index (χ0n) is 10.3. The van der Waals surface area contributed by atoms with Gasteiger partial charge >= 0.3 is 0 Å². The fourth-order valence-corrected chi connectivity index (χ4v) is 2.40. The summed E-state index contributed by atoms with van der Waals surface area (Å²) >= 11 is 3.43. The molecule has 1 heterocycles. The van der Waals surface area contributed by atoms with E-state index in [9.17, 15) is 4.79 Å². The normalized spacial score (nSPS) is 16.9. The van der Waals surface area contributed by atoms with E-state index in [0.717, 1.165) is 37.2 Å². The molecule has 98 valence electrons. The minimum Gasteiger partial charge on any atom is -0.339 e. The van der Waals surface area contributed by atoms with Gasteiger partial charge in [0.1, 0.15) is 0 Å². The molecular formula is C13H18BrN3O. The predicted octanol–water partition coefficient (Wildman–Crippen LogP) is 1.05. The molecule has 1 aliphatic heterocycles. The van der Waals surface area contributed by atoms with Gasteiger partial charge in [-0.3, -0.25) is 9.69 Å². The lowest BCUT2D eigenvalue weighted by Crippen LogP contribution is -2.49. The molecule has 1 aliphatic rings. The Kier molecular flexibility index (Phi) is 4.74. The third-order valence-electron chi connectivity index (χ3n) is 3.22. The summed E-state index contributed by atoms with van der Waals surface area (Å²) in [7, 11) is 0. The van der Waals surface area contributed by atoms with Crippen LogP contribution in [-0.2, 0) is 11.3 Å². The number of benzene rings is 1. The molecule has 4 nitrogen and oxygen atoms in total. The van der Waals surface area contributed by atoms with Crippen LogP contribution in [0.1, 0.15) is 5.56 Å². The first-order valence-corrected chi connectivity index (χ1v) is 6.93. The number of carbonyl (C=O) groups is 1. The second-order valence-electron chi connectivity index (χ2n) is 4.49. The number of carbonyl (C=O) groups excluding carboxylic acids is 1. The molecule has 0 saturated carbocycles. The molecule has 1 fully saturated rings. The van der Waals surface area contributed by atoms with Crippen LogP contribution in [0.2, 0.25) is 0 Å². The van der Waals surface area contributed by atoms with Gasteiger partial charge in [-0.25, -0.2) is 0 Å². The van der Waals surface area contributed by atoms with Gasteiger partial charge in [0.25, 0.3) is 0 Å². The van der Waals surface area contributed by atoms with E-state index in [1.54, 1.807) is 0 Å². The molecule has 1 aromatic carbocycles. The van der Waals surface area contributed by atoms with Crippen LogP contribution in [0.3, 0.4) is 0 Å². The Bertz CT molecular complexity index is 399. The van der Waals surface area contributed by atoms with Crippen LogP contribution < -0.4 is 5.73 Å². The molecule has 0 spiro atoms. The van der Waals surface area contributed by atoms with Crippen LogP contribution in [0.15, 0.2) is 28.7 Å². The fourth-order valence-electron chi connectivity index (χ4n) is 2.13. The lowest BCUT2D eigenvalue weighted by Gasteiger charge is -2.34. The van der Waals surface area contributed by atoms with E-state index in [4.69, 9.17) is 5.73 Å². The van der Waals surface area contributed by atoms with Crippen LogP contribution >= 0.6 is 15.9 Å². The van der Waals surface area contributed by atoms with Crippen LogP contribution in [0, 0.1) is 0 Å². The standard InChI is InChI=1S/C13H18BrN3O/c14-12-3-1-11(2-4-12)10-16-5-7-17(8-6-16)13(18)9-15/h1-4H,5-10,15H2. The van der Waals surface area contributed by atoms with Crippen molar-refractivity contribution in [2.75, 3.05) is 32.7 Å². The molecule has 0 radical (unpaired) electrons. The van der Waals surface area contributed by atoms with Crippen molar-refractivity contribution in [2.45, 2.75) is 6.54 Å². The highest BCUT2D eigenvalue weighted by Crippen LogP contribution is 2.13. The third kappa shape index (κ3) is 3.54. The molecule has 1 aromatic rings. The lowest BCUT2D eigenvalue weighted by atomic mass is 10.2. The Morgan fingerprint density at radius 3 is 2.33 bits per heavy atom. The molecule has 0 unspecified atom stereocenters. The highest BCUT2D eigenvalue weighted by atomic mass is 79.9. The van der Waals surface area contributed by atoms with E-state index in [1.165, 1.54) is 5.56 Å². The Morgan fingerprint density at radius 2 is 1.78 bits per heavy atom. The average molecular weight is 312 g/mol. The number of piperazine rings is 1. The van der Waals surface area contributed by atoms with Gasteiger partial charge in [0.15, 0.2) is 0 Å². The predicted molar refractivity (Wildman–Crippen MR) is 75.1 cm³/mol. The van der Waals surface area contributed by atoms with Crippen molar-refractivity contribution < 1.29 is 4.79 Å². The van der Waals surface area contributed by atoms with Crippen molar-refractivity contribution >= 4 is 21.8 Å². The van der Waals surface area contributed by atoms with Crippen molar-refractivity contribution in [3.05, 3.63) is 34.3 Å². The Morgan fingerprint density at radius 1 is 1.17 bits per heavy atom. The molecule has 5 heteroatoms. The summed E-state index contributed by atoms with van der Waals surface area (Å²) in [6.07, 6.45) is 0. The summed E-state index contributed by atoms with van der Waals surface area (Å²) in [6.45, 7) is 4.47. The number of halogens is 1. The second kappa shape index (κ2) is 6.31. The quantitative estimate of drug-likeness (QED) is 0.908. The van der Waals surface area contributed by atoms with Crippen LogP contribution in [0.5, 0.6) is 0 Å². The van der Waals surface area contributed by atoms with Crippen molar-refractivity contribution in [3.63, 3.8) is 0 Å². The van der Waals surface area contributed by atoms with Crippen molar-refractivity contribution in [3.8, 4) is 0 Å². The Labute approximate surface area is 116 Å². The first-order chi connectivity index (χ1) is 8.69. The molecule has 2 rings (SSSR count). The topological polar surface area (TPSA) is 49.6 Å². The summed E-state index contributed by atoms with van der Waals surface area (Å²) in [6, 6.07) is 8.37. The van der Waals surface area contributed by atoms with Crippen molar-refractivity contribution in [1.29, 1.82) is 0 Å². The summed E-state index contributed by atoms with van der Waals surface area (Å²) in [5.41, 5.74) is 6.67. The Balaban J connectivity index is 1.83. The number of nitrogens with two attached hydrogens (primary N) is 1. The average Bonchev–Trinajstić information content (AvgIpc) is 2.41. The van der Waals surface area contributed by atoms with E-state index in [1.807, 2.05) is 4.90 Å². The maximum Gasteiger partial charge on any atom is 0.236 e. The van der Waals surface area contributed by atoms with Gasteiger partial charge in [-0.05, 0) is 17.7 Å². The van der Waals surface area contributed by atoms with Crippen molar-refractivity contribution in [1.82, 2.24) is 9.80 Å².